The molecule has 0 atom stereocenters. The van der Waals surface area contributed by atoms with E-state index in [1.165, 1.54) is 12.1 Å². The lowest BCUT2D eigenvalue weighted by atomic mass is 10.2. The van der Waals surface area contributed by atoms with E-state index < -0.39 is 5.91 Å². The minimum Gasteiger partial charge on any atom is -0.504 e. The molecule has 0 aromatic heterocycles. The van der Waals surface area contributed by atoms with Crippen molar-refractivity contribution in [3.8, 4) is 11.5 Å². The number of ether oxygens (including phenoxy) is 1. The second-order valence-electron chi connectivity index (χ2n) is 4.65. The van der Waals surface area contributed by atoms with Gasteiger partial charge in [0.25, 0.3) is 5.91 Å². The van der Waals surface area contributed by atoms with E-state index in [-0.39, 0.29) is 21.6 Å². The summed E-state index contributed by atoms with van der Waals surface area (Å²) in [6, 6.07) is 9.53. The minimum atomic E-state index is -0.415. The first-order valence-electron chi connectivity index (χ1n) is 6.94. The molecule has 0 radical (unpaired) electrons. The molecule has 0 aliphatic heterocycles. The Bertz CT molecular complexity index is 784. The molecule has 24 heavy (non-hydrogen) atoms. The number of phenols is 1. The van der Waals surface area contributed by atoms with Gasteiger partial charge in [0.2, 0.25) is 0 Å². The van der Waals surface area contributed by atoms with Crippen LogP contribution < -0.4 is 15.4 Å². The SMILES string of the molecule is CCOc1cccc(C(=O)NC(=S)Nc2cc(Cl)cc(Cl)c2O)c1. The molecule has 3 N–H and O–H groups in total. The highest BCUT2D eigenvalue weighted by Gasteiger charge is 2.12. The highest BCUT2D eigenvalue weighted by Crippen LogP contribution is 2.34. The monoisotopic (exact) mass is 384 g/mol. The fourth-order valence-corrected chi connectivity index (χ4v) is 2.58. The Morgan fingerprint density at radius 3 is 2.75 bits per heavy atom. The normalized spacial score (nSPS) is 10.1. The molecule has 2 aromatic rings. The van der Waals surface area contributed by atoms with Crippen LogP contribution in [-0.2, 0) is 0 Å². The fourth-order valence-electron chi connectivity index (χ4n) is 1.88. The maximum Gasteiger partial charge on any atom is 0.257 e. The van der Waals surface area contributed by atoms with Crippen LogP contribution in [0.5, 0.6) is 11.5 Å². The molecule has 0 saturated heterocycles. The number of nitrogens with one attached hydrogen (secondary N) is 2. The van der Waals surface area contributed by atoms with Crippen LogP contribution >= 0.6 is 35.4 Å². The van der Waals surface area contributed by atoms with Crippen LogP contribution in [0.1, 0.15) is 17.3 Å². The number of phenolic OH excluding ortho intramolecular Hbond substituents is 1. The second-order valence-corrected chi connectivity index (χ2v) is 5.90. The van der Waals surface area contributed by atoms with Crippen LogP contribution in [0.25, 0.3) is 0 Å². The molecule has 0 unspecified atom stereocenters. The molecule has 2 rings (SSSR count). The number of carbonyl (C=O) groups is 1. The molecule has 0 aliphatic rings. The van der Waals surface area contributed by atoms with Gasteiger partial charge in [0.05, 0.1) is 17.3 Å². The second kappa shape index (κ2) is 8.19. The van der Waals surface area contributed by atoms with Crippen LogP contribution in [0.4, 0.5) is 5.69 Å². The zero-order valence-electron chi connectivity index (χ0n) is 12.6. The van der Waals surface area contributed by atoms with Crippen molar-refractivity contribution in [2.24, 2.45) is 0 Å². The van der Waals surface area contributed by atoms with Crippen molar-refractivity contribution in [3.05, 3.63) is 52.0 Å². The Kier molecular flexibility index (Phi) is 6.25. The molecule has 0 spiro atoms. The molecule has 8 heteroatoms. The maximum atomic E-state index is 12.2. The summed E-state index contributed by atoms with van der Waals surface area (Å²) in [5.41, 5.74) is 0.583. The molecule has 0 saturated carbocycles. The van der Waals surface area contributed by atoms with Gasteiger partial charge in [-0.25, -0.2) is 0 Å². The minimum absolute atomic E-state index is 0.00422. The number of aromatic hydroxyl groups is 1. The first-order valence-corrected chi connectivity index (χ1v) is 8.10. The number of thiocarbonyl (C=S) groups is 1. The molecule has 1 amide bonds. The molecular weight excluding hydrogens is 371 g/mol. The number of carbonyl (C=O) groups excluding carboxylic acids is 1. The smallest absolute Gasteiger partial charge is 0.257 e. The number of rotatable bonds is 4. The standard InChI is InChI=1S/C16H14Cl2N2O3S/c1-2-23-11-5-3-4-9(6-11)15(22)20-16(24)19-13-8-10(17)7-12(18)14(13)21/h3-8,21H,2H2,1H3,(H2,19,20,22,24). The van der Waals surface area contributed by atoms with Gasteiger partial charge >= 0.3 is 0 Å². The number of anilines is 1. The topological polar surface area (TPSA) is 70.6 Å². The molecule has 5 nitrogen and oxygen atoms in total. The van der Waals surface area contributed by atoms with Gasteiger partial charge in [0, 0.05) is 10.6 Å². The van der Waals surface area contributed by atoms with Gasteiger partial charge in [0.15, 0.2) is 10.9 Å². The highest BCUT2D eigenvalue weighted by atomic mass is 35.5. The number of hydrogen-bond acceptors (Lipinski definition) is 4. The van der Waals surface area contributed by atoms with E-state index >= 15 is 0 Å². The van der Waals surface area contributed by atoms with Crippen molar-refractivity contribution in [2.45, 2.75) is 6.92 Å². The van der Waals surface area contributed by atoms with Crippen molar-refractivity contribution in [1.82, 2.24) is 5.32 Å². The number of amides is 1. The van der Waals surface area contributed by atoms with E-state index in [4.69, 9.17) is 40.2 Å². The molecule has 126 valence electrons. The third-order valence-electron chi connectivity index (χ3n) is 2.91. The fraction of sp³-hybridized carbons (Fsp3) is 0.125. The molecule has 0 bridgehead atoms. The summed E-state index contributed by atoms with van der Waals surface area (Å²) in [5, 5.41) is 15.5. The Balaban J connectivity index is 2.07. The lowest BCUT2D eigenvalue weighted by Crippen LogP contribution is -2.34. The quantitative estimate of drug-likeness (QED) is 0.543. The van der Waals surface area contributed by atoms with E-state index in [2.05, 4.69) is 10.6 Å². The van der Waals surface area contributed by atoms with E-state index in [9.17, 15) is 9.90 Å². The van der Waals surface area contributed by atoms with Crippen LogP contribution in [-0.4, -0.2) is 22.7 Å². The summed E-state index contributed by atoms with van der Waals surface area (Å²) in [4.78, 5) is 12.2. The number of benzene rings is 2. The van der Waals surface area contributed by atoms with Crippen molar-refractivity contribution in [1.29, 1.82) is 0 Å². The Morgan fingerprint density at radius 2 is 2.04 bits per heavy atom. The van der Waals surface area contributed by atoms with E-state index in [0.717, 1.165) is 0 Å². The largest absolute Gasteiger partial charge is 0.504 e. The van der Waals surface area contributed by atoms with Crippen LogP contribution in [0, 0.1) is 0 Å². The average Bonchev–Trinajstić information content (AvgIpc) is 2.52. The summed E-state index contributed by atoms with van der Waals surface area (Å²) in [6.45, 7) is 2.36. The van der Waals surface area contributed by atoms with Gasteiger partial charge in [-0.2, -0.15) is 0 Å². The van der Waals surface area contributed by atoms with Crippen molar-refractivity contribution in [2.75, 3.05) is 11.9 Å². The molecule has 0 heterocycles. The first-order chi connectivity index (χ1) is 11.4. The molecule has 0 aliphatic carbocycles. The maximum absolute atomic E-state index is 12.2. The van der Waals surface area contributed by atoms with Crippen LogP contribution in [0.2, 0.25) is 10.0 Å². The molecule has 2 aromatic carbocycles. The number of hydrogen-bond donors (Lipinski definition) is 3. The summed E-state index contributed by atoms with van der Waals surface area (Å²) in [7, 11) is 0. The highest BCUT2D eigenvalue weighted by molar-refractivity contribution is 7.80. The summed E-state index contributed by atoms with van der Waals surface area (Å²) >= 11 is 16.8. The Labute approximate surface area is 154 Å². The third-order valence-corrected chi connectivity index (χ3v) is 3.62. The molecule has 0 fully saturated rings. The summed E-state index contributed by atoms with van der Waals surface area (Å²) < 4.78 is 5.35. The first kappa shape index (κ1) is 18.3. The van der Waals surface area contributed by atoms with Gasteiger partial charge in [-0.05, 0) is 49.5 Å². The van der Waals surface area contributed by atoms with Crippen molar-refractivity contribution >= 4 is 52.1 Å². The predicted octanol–water partition coefficient (Wildman–Crippen LogP) is 4.22. The predicted molar refractivity (Wildman–Crippen MR) is 99.4 cm³/mol. The van der Waals surface area contributed by atoms with Crippen molar-refractivity contribution in [3.63, 3.8) is 0 Å². The van der Waals surface area contributed by atoms with E-state index in [1.54, 1.807) is 24.3 Å². The van der Waals surface area contributed by atoms with Gasteiger partial charge in [-0.3, -0.25) is 10.1 Å². The third kappa shape index (κ3) is 4.74. The zero-order chi connectivity index (χ0) is 17.7. The van der Waals surface area contributed by atoms with Gasteiger partial charge in [0.1, 0.15) is 5.75 Å². The summed E-state index contributed by atoms with van der Waals surface area (Å²) in [6.07, 6.45) is 0. The number of halogens is 2. The Morgan fingerprint density at radius 1 is 1.29 bits per heavy atom. The van der Waals surface area contributed by atoms with Crippen LogP contribution in [0.3, 0.4) is 0 Å². The van der Waals surface area contributed by atoms with Gasteiger partial charge < -0.3 is 15.2 Å². The lowest BCUT2D eigenvalue weighted by Gasteiger charge is -2.12. The van der Waals surface area contributed by atoms with Gasteiger partial charge in [-0.15, -0.1) is 0 Å². The lowest BCUT2D eigenvalue weighted by molar-refractivity contribution is 0.0977. The van der Waals surface area contributed by atoms with Gasteiger partial charge in [-0.1, -0.05) is 29.3 Å². The Hall–Kier alpha value is -2.02. The van der Waals surface area contributed by atoms with E-state index in [0.29, 0.717) is 22.9 Å². The van der Waals surface area contributed by atoms with E-state index in [1.807, 2.05) is 6.92 Å². The zero-order valence-corrected chi connectivity index (χ0v) is 14.9. The summed E-state index contributed by atoms with van der Waals surface area (Å²) in [5.74, 6) is -0.0408. The molecular formula is C16H14Cl2N2O3S. The average molecular weight is 385 g/mol. The van der Waals surface area contributed by atoms with Crippen molar-refractivity contribution < 1.29 is 14.6 Å². The van der Waals surface area contributed by atoms with Crippen LogP contribution in [0.15, 0.2) is 36.4 Å².